The van der Waals surface area contributed by atoms with Gasteiger partial charge in [-0.15, -0.1) is 0 Å². The van der Waals surface area contributed by atoms with Gasteiger partial charge in [0.15, 0.2) is 11.6 Å². The van der Waals surface area contributed by atoms with E-state index in [1.165, 1.54) is 6.07 Å². The van der Waals surface area contributed by atoms with Crippen LogP contribution >= 0.6 is 0 Å². The quantitative estimate of drug-likeness (QED) is 0.609. The summed E-state index contributed by atoms with van der Waals surface area (Å²) in [6.07, 6.45) is 0. The molecule has 3 rings (SSSR count). The number of fused-ring (bicyclic) bond motifs is 1. The summed E-state index contributed by atoms with van der Waals surface area (Å²) in [5.74, 6) is 0.758. The van der Waals surface area contributed by atoms with E-state index >= 15 is 0 Å². The third-order valence-corrected chi connectivity index (χ3v) is 2.76. The zero-order chi connectivity index (χ0) is 12.7. The molecule has 0 unspecified atom stereocenters. The van der Waals surface area contributed by atoms with Crippen LogP contribution in [0.1, 0.15) is 0 Å². The summed E-state index contributed by atoms with van der Waals surface area (Å²) in [5, 5.41) is 24.6. The molecule has 1 aromatic heterocycles. The number of nitrogens with two attached hydrogens (primary N) is 1. The summed E-state index contributed by atoms with van der Waals surface area (Å²) in [6, 6.07) is 9.74. The predicted octanol–water partition coefficient (Wildman–Crippen LogP) is 2.49. The van der Waals surface area contributed by atoms with E-state index in [1.807, 2.05) is 0 Å². The molecule has 0 saturated heterocycles. The molecule has 3 aromatic rings. The molecule has 5 heteroatoms. The first-order valence-corrected chi connectivity index (χ1v) is 5.32. The van der Waals surface area contributed by atoms with Crippen LogP contribution in [0.5, 0.6) is 11.5 Å². The van der Waals surface area contributed by atoms with Crippen molar-refractivity contribution in [2.45, 2.75) is 0 Å². The third kappa shape index (κ3) is 1.53. The lowest BCUT2D eigenvalue weighted by atomic mass is 10.0. The van der Waals surface area contributed by atoms with Crippen molar-refractivity contribution in [2.24, 2.45) is 0 Å². The van der Waals surface area contributed by atoms with E-state index in [1.54, 1.807) is 30.3 Å². The van der Waals surface area contributed by atoms with Crippen molar-refractivity contribution >= 4 is 16.6 Å². The second-order valence-electron chi connectivity index (χ2n) is 3.98. The van der Waals surface area contributed by atoms with Gasteiger partial charge in [-0.05, 0) is 23.6 Å². The van der Waals surface area contributed by atoms with Crippen LogP contribution in [-0.4, -0.2) is 15.4 Å². The molecule has 0 atom stereocenters. The van der Waals surface area contributed by atoms with E-state index in [-0.39, 0.29) is 17.3 Å². The highest BCUT2D eigenvalue weighted by Crippen LogP contribution is 2.38. The summed E-state index contributed by atoms with van der Waals surface area (Å²) in [5.41, 5.74) is 5.97. The minimum absolute atomic E-state index is 0.0456. The molecule has 0 radical (unpaired) electrons. The molecule has 0 fully saturated rings. The maximum absolute atomic E-state index is 9.95. The first kappa shape index (κ1) is 10.5. The Morgan fingerprint density at radius 2 is 1.83 bits per heavy atom. The summed E-state index contributed by atoms with van der Waals surface area (Å²) in [6.45, 7) is 0. The fourth-order valence-corrected chi connectivity index (χ4v) is 1.96. The van der Waals surface area contributed by atoms with Gasteiger partial charge < -0.3 is 20.5 Å². The molecule has 5 nitrogen and oxygen atoms in total. The van der Waals surface area contributed by atoms with Gasteiger partial charge in [0.2, 0.25) is 0 Å². The minimum Gasteiger partial charge on any atom is -0.508 e. The summed E-state index contributed by atoms with van der Waals surface area (Å²) >= 11 is 0. The number of aromatic nitrogens is 1. The second kappa shape index (κ2) is 3.66. The van der Waals surface area contributed by atoms with Crippen LogP contribution in [-0.2, 0) is 0 Å². The maximum atomic E-state index is 9.95. The molecule has 1 heterocycles. The molecule has 90 valence electrons. The van der Waals surface area contributed by atoms with E-state index in [2.05, 4.69) is 5.16 Å². The Labute approximate surface area is 102 Å². The van der Waals surface area contributed by atoms with E-state index in [0.29, 0.717) is 16.7 Å². The van der Waals surface area contributed by atoms with Crippen molar-refractivity contribution in [1.82, 2.24) is 5.16 Å². The van der Waals surface area contributed by atoms with Crippen molar-refractivity contribution in [3.8, 4) is 22.8 Å². The molecule has 2 aromatic carbocycles. The first-order chi connectivity index (χ1) is 8.65. The first-order valence-electron chi connectivity index (χ1n) is 5.32. The molecule has 18 heavy (non-hydrogen) atoms. The number of anilines is 1. The lowest BCUT2D eigenvalue weighted by molar-refractivity contribution is 0.430. The number of aromatic hydroxyl groups is 2. The van der Waals surface area contributed by atoms with E-state index in [4.69, 9.17) is 10.3 Å². The van der Waals surface area contributed by atoms with E-state index in [9.17, 15) is 10.2 Å². The number of rotatable bonds is 1. The van der Waals surface area contributed by atoms with Crippen LogP contribution in [0.4, 0.5) is 5.82 Å². The highest BCUT2D eigenvalue weighted by molar-refractivity contribution is 5.99. The molecule has 0 saturated carbocycles. The van der Waals surface area contributed by atoms with Gasteiger partial charge in [0.1, 0.15) is 11.5 Å². The van der Waals surface area contributed by atoms with Gasteiger partial charge in [-0.1, -0.05) is 17.3 Å². The Balaban J connectivity index is 2.39. The average molecular weight is 242 g/mol. The van der Waals surface area contributed by atoms with Crippen molar-refractivity contribution in [3.05, 3.63) is 36.4 Å². The number of nitrogens with zero attached hydrogens (tertiary/aromatic N) is 1. The monoisotopic (exact) mass is 242 g/mol. The Morgan fingerprint density at radius 3 is 2.56 bits per heavy atom. The molecular formula is C13H10N2O3. The van der Waals surface area contributed by atoms with Gasteiger partial charge in [0.05, 0.1) is 5.56 Å². The molecule has 0 aliphatic heterocycles. The number of nitrogen functional groups attached to an aromatic ring is 1. The van der Waals surface area contributed by atoms with Gasteiger partial charge in [0, 0.05) is 11.5 Å². The fraction of sp³-hybridized carbons (Fsp3) is 0. The molecule has 0 amide bonds. The van der Waals surface area contributed by atoms with Gasteiger partial charge in [0.25, 0.3) is 0 Å². The maximum Gasteiger partial charge on any atom is 0.173 e. The highest BCUT2D eigenvalue weighted by Gasteiger charge is 2.14. The van der Waals surface area contributed by atoms with Crippen molar-refractivity contribution in [1.29, 1.82) is 0 Å². The Hall–Kier alpha value is -2.69. The summed E-state index contributed by atoms with van der Waals surface area (Å²) in [4.78, 5) is 0. The number of benzene rings is 2. The van der Waals surface area contributed by atoms with Crippen LogP contribution < -0.4 is 5.73 Å². The number of hydrogen-bond donors (Lipinski definition) is 3. The van der Waals surface area contributed by atoms with Crippen molar-refractivity contribution in [3.63, 3.8) is 0 Å². The fourth-order valence-electron chi connectivity index (χ4n) is 1.96. The SMILES string of the molecule is Nc1cc(-c2c(O)ccc3ccc(O)cc23)on1. The number of phenols is 2. The van der Waals surface area contributed by atoms with Crippen LogP contribution in [0, 0.1) is 0 Å². The van der Waals surface area contributed by atoms with Crippen molar-refractivity contribution < 1.29 is 14.7 Å². The van der Waals surface area contributed by atoms with Crippen LogP contribution in [0.3, 0.4) is 0 Å². The standard InChI is InChI=1S/C13H10N2O3/c14-12-6-11(18-15-12)13-9-5-8(16)3-1-7(9)2-4-10(13)17/h1-6,16-17H,(H2,14,15). The molecule has 0 bridgehead atoms. The molecular weight excluding hydrogens is 232 g/mol. The lowest BCUT2D eigenvalue weighted by Crippen LogP contribution is -1.82. The third-order valence-electron chi connectivity index (χ3n) is 2.76. The average Bonchev–Trinajstić information content (AvgIpc) is 2.75. The second-order valence-corrected chi connectivity index (χ2v) is 3.98. The Bertz CT molecular complexity index is 729. The van der Waals surface area contributed by atoms with E-state index < -0.39 is 0 Å². The zero-order valence-electron chi connectivity index (χ0n) is 9.29. The van der Waals surface area contributed by atoms with E-state index in [0.717, 1.165) is 5.39 Å². The largest absolute Gasteiger partial charge is 0.508 e. The molecule has 0 aliphatic carbocycles. The molecule has 4 N–H and O–H groups in total. The smallest absolute Gasteiger partial charge is 0.173 e. The van der Waals surface area contributed by atoms with Crippen LogP contribution in [0.25, 0.3) is 22.1 Å². The minimum atomic E-state index is 0.0456. The Morgan fingerprint density at radius 1 is 1.06 bits per heavy atom. The number of phenolic OH excluding ortho intramolecular Hbond substituents is 2. The van der Waals surface area contributed by atoms with Gasteiger partial charge in [-0.25, -0.2) is 0 Å². The Kier molecular flexibility index (Phi) is 2.13. The normalized spacial score (nSPS) is 10.9. The topological polar surface area (TPSA) is 92.5 Å². The zero-order valence-corrected chi connectivity index (χ0v) is 9.29. The van der Waals surface area contributed by atoms with Crippen LogP contribution in [0.2, 0.25) is 0 Å². The predicted molar refractivity (Wildman–Crippen MR) is 67.2 cm³/mol. The number of hydrogen-bond acceptors (Lipinski definition) is 5. The van der Waals surface area contributed by atoms with Gasteiger partial charge in [-0.3, -0.25) is 0 Å². The highest BCUT2D eigenvalue weighted by atomic mass is 16.5. The molecule has 0 spiro atoms. The van der Waals surface area contributed by atoms with Gasteiger partial charge >= 0.3 is 0 Å². The summed E-state index contributed by atoms with van der Waals surface area (Å²) in [7, 11) is 0. The molecule has 0 aliphatic rings. The summed E-state index contributed by atoms with van der Waals surface area (Å²) < 4.78 is 5.06. The van der Waals surface area contributed by atoms with Gasteiger partial charge in [-0.2, -0.15) is 0 Å². The van der Waals surface area contributed by atoms with Crippen LogP contribution in [0.15, 0.2) is 40.9 Å². The lowest BCUT2D eigenvalue weighted by Gasteiger charge is -2.06. The van der Waals surface area contributed by atoms with Crippen molar-refractivity contribution in [2.75, 3.05) is 5.73 Å².